The Kier molecular flexibility index (Phi) is 4.01. The van der Waals surface area contributed by atoms with E-state index in [4.69, 9.17) is 11.6 Å². The van der Waals surface area contributed by atoms with Gasteiger partial charge in [-0.2, -0.15) is 5.10 Å². The molecule has 5 nitrogen and oxygen atoms in total. The molecule has 0 aliphatic rings. The molecule has 0 N–H and O–H groups in total. The summed E-state index contributed by atoms with van der Waals surface area (Å²) in [5.74, 6) is 1.18. The van der Waals surface area contributed by atoms with Gasteiger partial charge in [0.2, 0.25) is 0 Å². The molecule has 0 fully saturated rings. The second-order valence-electron chi connectivity index (χ2n) is 4.62. The Labute approximate surface area is 110 Å². The van der Waals surface area contributed by atoms with Crippen LogP contribution in [0.25, 0.3) is 11.0 Å². The van der Waals surface area contributed by atoms with E-state index < -0.39 is 0 Å². The van der Waals surface area contributed by atoms with Crippen molar-refractivity contribution in [2.75, 3.05) is 5.88 Å². The van der Waals surface area contributed by atoms with Crippen molar-refractivity contribution in [1.82, 2.24) is 19.3 Å². The van der Waals surface area contributed by atoms with Gasteiger partial charge in [-0.05, 0) is 18.8 Å². The molecule has 0 bridgehead atoms. The first-order valence-electron chi connectivity index (χ1n) is 6.06. The molecule has 18 heavy (non-hydrogen) atoms. The van der Waals surface area contributed by atoms with Crippen LogP contribution in [0.4, 0.5) is 0 Å². The highest BCUT2D eigenvalue weighted by atomic mass is 35.5. The van der Waals surface area contributed by atoms with Crippen LogP contribution in [0.3, 0.4) is 0 Å². The largest absolute Gasteiger partial charge is 0.299 e. The van der Waals surface area contributed by atoms with Crippen LogP contribution in [0.1, 0.15) is 19.8 Å². The van der Waals surface area contributed by atoms with Crippen molar-refractivity contribution in [3.63, 3.8) is 0 Å². The molecule has 2 aromatic rings. The van der Waals surface area contributed by atoms with E-state index in [1.807, 2.05) is 0 Å². The number of hydrogen-bond donors (Lipinski definition) is 0. The normalized spacial score (nSPS) is 13.1. The Balaban J connectivity index is 2.19. The van der Waals surface area contributed by atoms with Crippen molar-refractivity contribution in [3.05, 3.63) is 22.9 Å². The Morgan fingerprint density at radius 2 is 2.22 bits per heavy atom. The van der Waals surface area contributed by atoms with Gasteiger partial charge in [0.25, 0.3) is 5.56 Å². The monoisotopic (exact) mass is 268 g/mol. The minimum atomic E-state index is -0.0221. The van der Waals surface area contributed by atoms with Gasteiger partial charge in [0.1, 0.15) is 5.39 Å². The van der Waals surface area contributed by atoms with Crippen LogP contribution < -0.4 is 5.56 Å². The van der Waals surface area contributed by atoms with Crippen LogP contribution in [0.2, 0.25) is 0 Å². The first-order chi connectivity index (χ1) is 8.63. The molecule has 0 saturated carbocycles. The lowest BCUT2D eigenvalue weighted by Gasteiger charge is -2.10. The second kappa shape index (κ2) is 5.52. The number of aryl methyl sites for hydroxylation is 2. The van der Waals surface area contributed by atoms with Crippen molar-refractivity contribution >= 4 is 22.6 Å². The predicted molar refractivity (Wildman–Crippen MR) is 71.9 cm³/mol. The van der Waals surface area contributed by atoms with Gasteiger partial charge >= 0.3 is 0 Å². The average molecular weight is 269 g/mol. The van der Waals surface area contributed by atoms with E-state index in [0.29, 0.717) is 29.4 Å². The molecule has 0 aliphatic heterocycles. The van der Waals surface area contributed by atoms with Crippen molar-refractivity contribution in [2.24, 2.45) is 13.0 Å². The van der Waals surface area contributed by atoms with Gasteiger partial charge in [0, 0.05) is 19.5 Å². The number of hydrogen-bond acceptors (Lipinski definition) is 3. The van der Waals surface area contributed by atoms with Gasteiger partial charge in [0.05, 0.1) is 12.5 Å². The molecule has 0 saturated heterocycles. The summed E-state index contributed by atoms with van der Waals surface area (Å²) < 4.78 is 3.26. The second-order valence-corrected chi connectivity index (χ2v) is 5.00. The van der Waals surface area contributed by atoms with E-state index >= 15 is 0 Å². The zero-order chi connectivity index (χ0) is 13.1. The Bertz CT molecular complexity index is 589. The summed E-state index contributed by atoms with van der Waals surface area (Å²) >= 11 is 5.70. The third-order valence-electron chi connectivity index (χ3n) is 3.18. The number of aromatic nitrogens is 4. The quantitative estimate of drug-likeness (QED) is 0.777. The minimum Gasteiger partial charge on any atom is -0.299 e. The molecule has 0 spiro atoms. The van der Waals surface area contributed by atoms with Gasteiger partial charge in [0.15, 0.2) is 5.65 Å². The molecule has 0 radical (unpaired) electrons. The summed E-state index contributed by atoms with van der Waals surface area (Å²) in [5.41, 5.74) is 0.608. The zero-order valence-electron chi connectivity index (χ0n) is 10.6. The van der Waals surface area contributed by atoms with Crippen LogP contribution in [0.5, 0.6) is 0 Å². The first kappa shape index (κ1) is 13.1. The summed E-state index contributed by atoms with van der Waals surface area (Å²) in [4.78, 5) is 16.4. The number of halogens is 1. The van der Waals surface area contributed by atoms with Gasteiger partial charge in [-0.1, -0.05) is 6.92 Å². The number of alkyl halides is 1. The highest BCUT2D eigenvalue weighted by molar-refractivity contribution is 6.17. The lowest BCUT2D eigenvalue weighted by atomic mass is 10.1. The molecule has 0 amide bonds. The Morgan fingerprint density at radius 1 is 1.44 bits per heavy atom. The molecule has 6 heteroatoms. The molecule has 98 valence electrons. The zero-order valence-corrected chi connectivity index (χ0v) is 11.4. The van der Waals surface area contributed by atoms with Crippen molar-refractivity contribution in [3.8, 4) is 0 Å². The third kappa shape index (κ3) is 2.56. The molecule has 0 aliphatic carbocycles. The Morgan fingerprint density at radius 3 is 2.94 bits per heavy atom. The Hall–Kier alpha value is -1.36. The van der Waals surface area contributed by atoms with Crippen molar-refractivity contribution in [2.45, 2.75) is 26.3 Å². The van der Waals surface area contributed by atoms with Gasteiger partial charge in [-0.25, -0.2) is 4.98 Å². The molecule has 1 atom stereocenters. The fourth-order valence-electron chi connectivity index (χ4n) is 1.92. The van der Waals surface area contributed by atoms with Crippen LogP contribution in [-0.4, -0.2) is 25.2 Å². The van der Waals surface area contributed by atoms with E-state index in [1.165, 1.54) is 0 Å². The molecular weight excluding hydrogens is 252 g/mol. The summed E-state index contributed by atoms with van der Waals surface area (Å²) in [6.45, 7) is 2.82. The minimum absolute atomic E-state index is 0.0221. The number of nitrogens with zero attached hydrogens (tertiary/aromatic N) is 4. The molecule has 2 heterocycles. The number of fused-ring (bicyclic) bond motifs is 1. The highest BCUT2D eigenvalue weighted by Crippen LogP contribution is 2.10. The first-order valence-corrected chi connectivity index (χ1v) is 6.60. The van der Waals surface area contributed by atoms with Gasteiger partial charge in [-0.15, -0.1) is 11.6 Å². The fourth-order valence-corrected chi connectivity index (χ4v) is 2.29. The molecule has 0 aromatic carbocycles. The van der Waals surface area contributed by atoms with Crippen molar-refractivity contribution < 1.29 is 0 Å². The lowest BCUT2D eigenvalue weighted by Crippen LogP contribution is -2.21. The molecular formula is C12H17ClN4O. The van der Waals surface area contributed by atoms with E-state index in [1.54, 1.807) is 28.8 Å². The third-order valence-corrected chi connectivity index (χ3v) is 3.40. The molecule has 2 aromatic heterocycles. The SMILES string of the molecule is CC(CCCl)CCn1cnc2c(cnn2C)c1=O. The predicted octanol–water partition coefficient (Wildman–Crippen LogP) is 1.79. The maximum atomic E-state index is 12.2. The average Bonchev–Trinajstić information content (AvgIpc) is 2.72. The molecule has 2 rings (SSSR count). The van der Waals surface area contributed by atoms with Gasteiger partial charge in [-0.3, -0.25) is 14.0 Å². The fraction of sp³-hybridized carbons (Fsp3) is 0.583. The van der Waals surface area contributed by atoms with Crippen LogP contribution in [0, 0.1) is 5.92 Å². The summed E-state index contributed by atoms with van der Waals surface area (Å²) in [7, 11) is 1.78. The highest BCUT2D eigenvalue weighted by Gasteiger charge is 2.09. The summed E-state index contributed by atoms with van der Waals surface area (Å²) in [5, 5.41) is 4.62. The van der Waals surface area contributed by atoms with E-state index in [2.05, 4.69) is 17.0 Å². The van der Waals surface area contributed by atoms with E-state index in [-0.39, 0.29) is 5.56 Å². The summed E-state index contributed by atoms with van der Waals surface area (Å²) in [6, 6.07) is 0. The summed E-state index contributed by atoms with van der Waals surface area (Å²) in [6.07, 6.45) is 5.07. The molecule has 1 unspecified atom stereocenters. The maximum absolute atomic E-state index is 12.2. The topological polar surface area (TPSA) is 52.7 Å². The standard InChI is InChI=1S/C12H17ClN4O/c1-9(3-5-13)4-6-17-8-14-11-10(12(17)18)7-15-16(11)2/h7-9H,3-6H2,1-2H3. The van der Waals surface area contributed by atoms with Crippen LogP contribution in [0.15, 0.2) is 17.3 Å². The van der Waals surface area contributed by atoms with Crippen molar-refractivity contribution in [1.29, 1.82) is 0 Å². The maximum Gasteiger partial charge on any atom is 0.264 e. The van der Waals surface area contributed by atoms with E-state index in [9.17, 15) is 4.79 Å². The van der Waals surface area contributed by atoms with Crippen LogP contribution >= 0.6 is 11.6 Å². The smallest absolute Gasteiger partial charge is 0.264 e. The van der Waals surface area contributed by atoms with Crippen LogP contribution in [-0.2, 0) is 13.6 Å². The van der Waals surface area contributed by atoms with Gasteiger partial charge < -0.3 is 0 Å². The van der Waals surface area contributed by atoms with E-state index in [0.717, 1.165) is 12.8 Å². The lowest BCUT2D eigenvalue weighted by molar-refractivity contribution is 0.463. The number of rotatable bonds is 5.